The fourth-order valence-corrected chi connectivity index (χ4v) is 2.40. The lowest BCUT2D eigenvalue weighted by atomic mass is 10.5. The number of nitrogens with zero attached hydrogens (tertiary/aromatic N) is 1. The van der Waals surface area contributed by atoms with Crippen molar-refractivity contribution >= 4 is 31.7 Å². The Bertz CT molecular complexity index is 145. The van der Waals surface area contributed by atoms with Crippen LogP contribution in [0.15, 0.2) is 12.7 Å². The van der Waals surface area contributed by atoms with Gasteiger partial charge in [0.1, 0.15) is 0 Å². The van der Waals surface area contributed by atoms with Crippen molar-refractivity contribution in [2.45, 2.75) is 6.42 Å². The summed E-state index contributed by atoms with van der Waals surface area (Å²) >= 11 is 11.2. The summed E-state index contributed by atoms with van der Waals surface area (Å²) in [5.41, 5.74) is 0. The van der Waals surface area contributed by atoms with E-state index in [4.69, 9.17) is 27.7 Å². The zero-order chi connectivity index (χ0) is 10.8. The van der Waals surface area contributed by atoms with Crippen molar-refractivity contribution in [1.29, 1.82) is 0 Å². The molecule has 0 bridgehead atoms. The van der Waals surface area contributed by atoms with Crippen molar-refractivity contribution in [2.24, 2.45) is 0 Å². The van der Waals surface area contributed by atoms with Crippen molar-refractivity contribution in [3.8, 4) is 0 Å². The van der Waals surface area contributed by atoms with Crippen LogP contribution < -0.4 is 0 Å². The van der Waals surface area contributed by atoms with Crippen molar-refractivity contribution in [1.82, 2.24) is 4.67 Å². The lowest BCUT2D eigenvalue weighted by Crippen LogP contribution is -2.23. The van der Waals surface area contributed by atoms with Gasteiger partial charge in [-0.1, -0.05) is 6.08 Å². The van der Waals surface area contributed by atoms with E-state index in [1.54, 1.807) is 10.7 Å². The molecule has 0 amide bonds. The molecule has 0 aromatic carbocycles. The van der Waals surface area contributed by atoms with Gasteiger partial charge >= 0.3 is 0 Å². The first kappa shape index (κ1) is 14.6. The number of alkyl halides is 2. The number of halogens is 2. The second-order valence-corrected chi connectivity index (χ2v) is 4.58. The third kappa shape index (κ3) is 6.99. The highest BCUT2D eigenvalue weighted by molar-refractivity contribution is 7.43. The summed E-state index contributed by atoms with van der Waals surface area (Å²) in [7, 11) is -1.55. The van der Waals surface area contributed by atoms with Crippen LogP contribution in [0, 0.1) is 0 Å². The molecular formula is C8H16Cl2NO2P. The molecule has 0 aliphatic rings. The Morgan fingerprint density at radius 1 is 1.36 bits per heavy atom. The monoisotopic (exact) mass is 259 g/mol. The third-order valence-electron chi connectivity index (χ3n) is 1.46. The molecule has 0 heterocycles. The van der Waals surface area contributed by atoms with Gasteiger partial charge in [0.15, 0.2) is 0 Å². The van der Waals surface area contributed by atoms with E-state index in [0.717, 1.165) is 6.42 Å². The van der Waals surface area contributed by atoms with E-state index >= 15 is 0 Å². The molecule has 0 aliphatic carbocycles. The molecule has 1 N–H and O–H groups in total. The number of hydrogen-bond donors (Lipinski definition) is 1. The average molecular weight is 260 g/mol. The van der Waals surface area contributed by atoms with Crippen LogP contribution in [-0.2, 0) is 4.52 Å². The van der Waals surface area contributed by atoms with Crippen LogP contribution in [0.4, 0.5) is 0 Å². The summed E-state index contributed by atoms with van der Waals surface area (Å²) in [6.07, 6.45) is 2.48. The van der Waals surface area contributed by atoms with Gasteiger partial charge in [-0.2, -0.15) is 0 Å². The Labute approximate surface area is 96.6 Å². The highest BCUT2D eigenvalue weighted by atomic mass is 35.5. The quantitative estimate of drug-likeness (QED) is 0.299. The van der Waals surface area contributed by atoms with E-state index in [1.807, 2.05) is 0 Å². The average Bonchev–Trinajstić information content (AvgIpc) is 2.18. The first-order valence-corrected chi connectivity index (χ1v) is 6.59. The van der Waals surface area contributed by atoms with Crippen LogP contribution in [0.3, 0.4) is 0 Å². The number of hydrogen-bond acceptors (Lipinski definition) is 3. The van der Waals surface area contributed by atoms with Gasteiger partial charge in [-0.25, -0.2) is 4.67 Å². The fourth-order valence-electron chi connectivity index (χ4n) is 0.777. The first-order chi connectivity index (χ1) is 6.76. The molecule has 0 aromatic rings. The van der Waals surface area contributed by atoms with E-state index in [2.05, 4.69) is 6.58 Å². The van der Waals surface area contributed by atoms with Crippen molar-refractivity contribution in [2.75, 3.05) is 31.5 Å². The van der Waals surface area contributed by atoms with E-state index in [0.29, 0.717) is 31.5 Å². The predicted octanol–water partition coefficient (Wildman–Crippen LogP) is 2.58. The second-order valence-electron chi connectivity index (χ2n) is 2.49. The molecule has 1 atom stereocenters. The van der Waals surface area contributed by atoms with Gasteiger partial charge in [0.25, 0.3) is 8.53 Å². The first-order valence-electron chi connectivity index (χ1n) is 4.35. The van der Waals surface area contributed by atoms with Crippen LogP contribution in [-0.4, -0.2) is 41.0 Å². The maximum Gasteiger partial charge on any atom is 0.256 e. The van der Waals surface area contributed by atoms with Gasteiger partial charge in [-0.05, 0) is 6.42 Å². The summed E-state index contributed by atoms with van der Waals surface area (Å²) in [6.45, 7) is 5.22. The van der Waals surface area contributed by atoms with Gasteiger partial charge in [0.2, 0.25) is 0 Å². The molecule has 14 heavy (non-hydrogen) atoms. The standard InChI is InChI=1S/C8H16Cl2NO2P/c1-2-3-8-13-14(12)11(6-4-9)7-5-10/h2,12H,1,3-8H2. The fraction of sp³-hybridized carbons (Fsp3) is 0.750. The highest BCUT2D eigenvalue weighted by Gasteiger charge is 2.15. The zero-order valence-corrected chi connectivity index (χ0v) is 10.4. The molecular weight excluding hydrogens is 244 g/mol. The molecule has 0 radical (unpaired) electrons. The molecule has 0 rings (SSSR count). The van der Waals surface area contributed by atoms with Gasteiger partial charge in [-0.3, -0.25) is 0 Å². The molecule has 6 heteroatoms. The lowest BCUT2D eigenvalue weighted by molar-refractivity contribution is 0.266. The second kappa shape index (κ2) is 10.2. The topological polar surface area (TPSA) is 32.7 Å². The lowest BCUT2D eigenvalue weighted by Gasteiger charge is -2.23. The van der Waals surface area contributed by atoms with Crippen LogP contribution in [0.5, 0.6) is 0 Å². The molecule has 0 aliphatic heterocycles. The van der Waals surface area contributed by atoms with E-state index in [1.165, 1.54) is 0 Å². The van der Waals surface area contributed by atoms with Crippen LogP contribution in [0.25, 0.3) is 0 Å². The summed E-state index contributed by atoms with van der Waals surface area (Å²) in [5, 5.41) is 0. The van der Waals surface area contributed by atoms with Crippen LogP contribution in [0.2, 0.25) is 0 Å². The Morgan fingerprint density at radius 2 is 1.93 bits per heavy atom. The molecule has 0 saturated heterocycles. The Hall–Kier alpha value is 0.630. The maximum absolute atomic E-state index is 9.61. The van der Waals surface area contributed by atoms with Crippen molar-refractivity contribution in [3.63, 3.8) is 0 Å². The van der Waals surface area contributed by atoms with E-state index in [9.17, 15) is 4.89 Å². The molecule has 0 saturated carbocycles. The Morgan fingerprint density at radius 3 is 2.36 bits per heavy atom. The highest BCUT2D eigenvalue weighted by Crippen LogP contribution is 2.36. The molecule has 0 aromatic heterocycles. The largest absolute Gasteiger partial charge is 0.338 e. The number of rotatable bonds is 9. The minimum Gasteiger partial charge on any atom is -0.338 e. The van der Waals surface area contributed by atoms with Gasteiger partial charge < -0.3 is 9.42 Å². The minimum atomic E-state index is -1.55. The normalized spacial score (nSPS) is 13.1. The summed E-state index contributed by atoms with van der Waals surface area (Å²) < 4.78 is 6.96. The minimum absolute atomic E-state index is 0.459. The molecule has 3 nitrogen and oxygen atoms in total. The van der Waals surface area contributed by atoms with Crippen molar-refractivity contribution in [3.05, 3.63) is 12.7 Å². The summed E-state index contributed by atoms with van der Waals surface area (Å²) in [6, 6.07) is 0. The zero-order valence-electron chi connectivity index (χ0n) is 8.03. The summed E-state index contributed by atoms with van der Waals surface area (Å²) in [4.78, 5) is 9.61. The molecule has 0 spiro atoms. The Kier molecular flexibility index (Phi) is 10.6. The molecule has 1 unspecified atom stereocenters. The van der Waals surface area contributed by atoms with Gasteiger partial charge in [0.05, 0.1) is 6.61 Å². The van der Waals surface area contributed by atoms with Crippen LogP contribution >= 0.6 is 31.7 Å². The smallest absolute Gasteiger partial charge is 0.256 e. The van der Waals surface area contributed by atoms with Gasteiger partial charge in [0, 0.05) is 24.8 Å². The van der Waals surface area contributed by atoms with Crippen molar-refractivity contribution < 1.29 is 9.42 Å². The SMILES string of the molecule is C=CCCOP(O)N(CCCl)CCCl. The van der Waals surface area contributed by atoms with Gasteiger partial charge in [-0.15, -0.1) is 29.8 Å². The Balaban J connectivity index is 3.74. The molecule has 0 fully saturated rings. The third-order valence-corrected chi connectivity index (χ3v) is 3.09. The summed E-state index contributed by atoms with van der Waals surface area (Å²) in [5.74, 6) is 0.919. The maximum atomic E-state index is 9.61. The van der Waals surface area contributed by atoms with E-state index in [-0.39, 0.29) is 0 Å². The van der Waals surface area contributed by atoms with E-state index < -0.39 is 8.53 Å². The molecule has 84 valence electrons. The van der Waals surface area contributed by atoms with Crippen LogP contribution in [0.1, 0.15) is 6.42 Å². The predicted molar refractivity (Wildman–Crippen MR) is 62.9 cm³/mol.